The molecule has 3 aromatic rings. The molecule has 4 rings (SSSR count). The lowest BCUT2D eigenvalue weighted by atomic mass is 9.95. The summed E-state index contributed by atoms with van der Waals surface area (Å²) in [6, 6.07) is 12.0. The first-order valence-electron chi connectivity index (χ1n) is 11.8. The Hall–Kier alpha value is -3.23. The predicted molar refractivity (Wildman–Crippen MR) is 127 cm³/mol. The number of aromatic carboxylic acids is 1. The van der Waals surface area contributed by atoms with Crippen molar-refractivity contribution in [3.8, 4) is 17.2 Å². The minimum atomic E-state index is -1.36. The van der Waals surface area contributed by atoms with Gasteiger partial charge in [0.2, 0.25) is 5.89 Å². The van der Waals surface area contributed by atoms with Gasteiger partial charge in [-0.15, -0.1) is 0 Å². The highest BCUT2D eigenvalue weighted by atomic mass is 19.1. The molecule has 0 amide bonds. The molecule has 2 aromatic carbocycles. The van der Waals surface area contributed by atoms with Crippen molar-refractivity contribution in [2.75, 3.05) is 13.2 Å². The molecule has 1 aliphatic rings. The number of nitrogens with zero attached hydrogens (tertiary/aromatic N) is 1. The zero-order chi connectivity index (χ0) is 24.8. The van der Waals surface area contributed by atoms with E-state index in [0.717, 1.165) is 54.3 Å². The second-order valence-electron chi connectivity index (χ2n) is 8.75. The number of aromatic nitrogens is 1. The summed E-state index contributed by atoms with van der Waals surface area (Å²) < 4.78 is 37.2. The SMILES string of the molecule is Cc1cccc(-c2nc(COC3CCCC(OCCOc4cccc(F)c4C(=O)O)C3)c(C)o2)c1. The van der Waals surface area contributed by atoms with Crippen LogP contribution in [-0.2, 0) is 16.1 Å². The second kappa shape index (κ2) is 11.5. The molecule has 8 heteroatoms. The first kappa shape index (κ1) is 24.9. The summed E-state index contributed by atoms with van der Waals surface area (Å²) in [5, 5.41) is 9.18. The van der Waals surface area contributed by atoms with Crippen molar-refractivity contribution in [1.29, 1.82) is 0 Å². The number of carboxylic acid groups (broad SMARTS) is 1. The number of benzene rings is 2. The van der Waals surface area contributed by atoms with Crippen LogP contribution in [0, 0.1) is 19.7 Å². The van der Waals surface area contributed by atoms with Gasteiger partial charge in [-0.2, -0.15) is 0 Å². The van der Waals surface area contributed by atoms with E-state index < -0.39 is 17.3 Å². The number of halogens is 1. The standard InChI is InChI=1S/C27H30FNO6/c1-17-6-3-7-19(14-17)26-29-23(18(2)35-26)16-34-21-9-4-8-20(15-21)32-12-13-33-24-11-5-10-22(28)25(24)27(30)31/h3,5-7,10-11,14,20-21H,4,8-9,12-13,15-16H2,1-2H3,(H,30,31). The summed E-state index contributed by atoms with van der Waals surface area (Å²) in [5.74, 6) is -0.838. The minimum absolute atomic E-state index is 0.000955. The van der Waals surface area contributed by atoms with E-state index in [0.29, 0.717) is 12.5 Å². The number of hydrogen-bond acceptors (Lipinski definition) is 6. The first-order chi connectivity index (χ1) is 16.9. The van der Waals surface area contributed by atoms with Crippen LogP contribution in [0.1, 0.15) is 53.1 Å². The van der Waals surface area contributed by atoms with Crippen molar-refractivity contribution in [1.82, 2.24) is 4.98 Å². The van der Waals surface area contributed by atoms with Crippen molar-refractivity contribution >= 4 is 5.97 Å². The van der Waals surface area contributed by atoms with Gasteiger partial charge in [0.15, 0.2) is 0 Å². The third kappa shape index (κ3) is 6.46. The minimum Gasteiger partial charge on any atom is -0.490 e. The van der Waals surface area contributed by atoms with Crippen LogP contribution in [-0.4, -0.2) is 41.5 Å². The van der Waals surface area contributed by atoms with Crippen LogP contribution in [0.25, 0.3) is 11.5 Å². The highest BCUT2D eigenvalue weighted by molar-refractivity contribution is 5.91. The van der Waals surface area contributed by atoms with Crippen LogP contribution in [0.2, 0.25) is 0 Å². The van der Waals surface area contributed by atoms with Crippen molar-refractivity contribution in [2.24, 2.45) is 0 Å². The number of carboxylic acids is 1. The third-order valence-corrected chi connectivity index (χ3v) is 6.08. The van der Waals surface area contributed by atoms with Crippen LogP contribution >= 0.6 is 0 Å². The molecular weight excluding hydrogens is 453 g/mol. The maximum absolute atomic E-state index is 13.8. The van der Waals surface area contributed by atoms with E-state index in [2.05, 4.69) is 4.98 Å². The molecule has 1 N–H and O–H groups in total. The molecule has 2 atom stereocenters. The topological polar surface area (TPSA) is 91.0 Å². The van der Waals surface area contributed by atoms with Gasteiger partial charge in [-0.25, -0.2) is 14.2 Å². The molecule has 35 heavy (non-hydrogen) atoms. The van der Waals surface area contributed by atoms with Crippen LogP contribution < -0.4 is 4.74 Å². The fraction of sp³-hybridized carbons (Fsp3) is 0.407. The average Bonchev–Trinajstić information content (AvgIpc) is 3.21. The van der Waals surface area contributed by atoms with Gasteiger partial charge in [0.1, 0.15) is 35.2 Å². The van der Waals surface area contributed by atoms with E-state index in [4.69, 9.17) is 18.6 Å². The fourth-order valence-electron chi connectivity index (χ4n) is 4.26. The molecule has 186 valence electrons. The Labute approximate surface area is 203 Å². The third-order valence-electron chi connectivity index (χ3n) is 6.08. The van der Waals surface area contributed by atoms with E-state index in [-0.39, 0.29) is 31.2 Å². The van der Waals surface area contributed by atoms with Gasteiger partial charge in [0.25, 0.3) is 0 Å². The Morgan fingerprint density at radius 2 is 1.89 bits per heavy atom. The van der Waals surface area contributed by atoms with E-state index in [1.165, 1.54) is 12.1 Å². The van der Waals surface area contributed by atoms with Gasteiger partial charge in [-0.1, -0.05) is 23.8 Å². The quantitative estimate of drug-likeness (QED) is 0.369. The summed E-state index contributed by atoms with van der Waals surface area (Å²) in [7, 11) is 0. The van der Waals surface area contributed by atoms with Gasteiger partial charge >= 0.3 is 5.97 Å². The second-order valence-corrected chi connectivity index (χ2v) is 8.75. The molecule has 1 heterocycles. The van der Waals surface area contributed by atoms with Gasteiger partial charge in [0.05, 0.1) is 25.4 Å². The summed E-state index contributed by atoms with van der Waals surface area (Å²) in [6.07, 6.45) is 3.67. The Morgan fingerprint density at radius 3 is 2.66 bits per heavy atom. The van der Waals surface area contributed by atoms with Crippen LogP contribution in [0.3, 0.4) is 0 Å². The maximum atomic E-state index is 13.8. The lowest BCUT2D eigenvalue weighted by Gasteiger charge is -2.29. The summed E-state index contributed by atoms with van der Waals surface area (Å²) in [5.41, 5.74) is 2.42. The van der Waals surface area contributed by atoms with Crippen molar-refractivity contribution in [3.05, 3.63) is 70.9 Å². The average molecular weight is 484 g/mol. The zero-order valence-corrected chi connectivity index (χ0v) is 20.0. The van der Waals surface area contributed by atoms with Crippen LogP contribution in [0.5, 0.6) is 5.75 Å². The molecule has 1 aliphatic carbocycles. The first-order valence-corrected chi connectivity index (χ1v) is 11.8. The molecule has 2 unspecified atom stereocenters. The van der Waals surface area contributed by atoms with E-state index >= 15 is 0 Å². The molecule has 7 nitrogen and oxygen atoms in total. The fourth-order valence-corrected chi connectivity index (χ4v) is 4.26. The molecule has 0 aliphatic heterocycles. The Morgan fingerprint density at radius 1 is 1.11 bits per heavy atom. The number of ether oxygens (including phenoxy) is 3. The molecule has 1 aromatic heterocycles. The molecule has 0 spiro atoms. The molecule has 1 saturated carbocycles. The highest BCUT2D eigenvalue weighted by Gasteiger charge is 2.24. The number of aryl methyl sites for hydroxylation is 2. The number of rotatable bonds is 10. The van der Waals surface area contributed by atoms with Crippen LogP contribution in [0.15, 0.2) is 46.9 Å². The number of oxazole rings is 1. The van der Waals surface area contributed by atoms with Crippen molar-refractivity contribution < 1.29 is 32.9 Å². The van der Waals surface area contributed by atoms with Gasteiger partial charge in [-0.3, -0.25) is 0 Å². The molecule has 0 saturated heterocycles. The normalized spacial score (nSPS) is 17.9. The highest BCUT2D eigenvalue weighted by Crippen LogP contribution is 2.27. The van der Waals surface area contributed by atoms with E-state index in [1.54, 1.807) is 0 Å². The summed E-state index contributed by atoms with van der Waals surface area (Å²) in [4.78, 5) is 15.9. The number of carbonyl (C=O) groups is 1. The molecule has 1 fully saturated rings. The maximum Gasteiger partial charge on any atom is 0.342 e. The van der Waals surface area contributed by atoms with Gasteiger partial charge in [-0.05, 0) is 63.8 Å². The Kier molecular flexibility index (Phi) is 8.15. The lowest BCUT2D eigenvalue weighted by Crippen LogP contribution is -2.29. The Balaban J connectivity index is 1.24. The smallest absolute Gasteiger partial charge is 0.342 e. The summed E-state index contributed by atoms with van der Waals surface area (Å²) in [6.45, 7) is 4.71. The van der Waals surface area contributed by atoms with Crippen LogP contribution in [0.4, 0.5) is 4.39 Å². The monoisotopic (exact) mass is 483 g/mol. The number of hydrogen-bond donors (Lipinski definition) is 1. The molecule has 0 radical (unpaired) electrons. The molecule has 0 bridgehead atoms. The van der Waals surface area contributed by atoms with Crippen molar-refractivity contribution in [3.63, 3.8) is 0 Å². The molecular formula is C27H30FNO6. The predicted octanol–water partition coefficient (Wildman–Crippen LogP) is 5.72. The summed E-state index contributed by atoms with van der Waals surface area (Å²) >= 11 is 0. The van der Waals surface area contributed by atoms with Gasteiger partial charge < -0.3 is 23.7 Å². The van der Waals surface area contributed by atoms with Crippen molar-refractivity contribution in [2.45, 2.75) is 58.3 Å². The largest absolute Gasteiger partial charge is 0.490 e. The zero-order valence-electron chi connectivity index (χ0n) is 20.0. The lowest BCUT2D eigenvalue weighted by molar-refractivity contribution is -0.0556. The van der Waals surface area contributed by atoms with E-state index in [9.17, 15) is 14.3 Å². The van der Waals surface area contributed by atoms with E-state index in [1.807, 2.05) is 38.1 Å². The Bertz CT molecular complexity index is 1160. The van der Waals surface area contributed by atoms with Gasteiger partial charge in [0, 0.05) is 5.56 Å².